The molecule has 7 nitrogen and oxygen atoms in total. The van der Waals surface area contributed by atoms with Gasteiger partial charge in [-0.1, -0.05) is 30.3 Å². The monoisotopic (exact) mass is 404 g/mol. The Morgan fingerprint density at radius 2 is 1.71 bits per heavy atom. The lowest BCUT2D eigenvalue weighted by molar-refractivity contribution is -0.124. The molecule has 0 heterocycles. The molecule has 0 unspecified atom stereocenters. The smallest absolute Gasteiger partial charge is 0.338 e. The fourth-order valence-corrected chi connectivity index (χ4v) is 3.38. The van der Waals surface area contributed by atoms with Gasteiger partial charge in [-0.15, -0.1) is 0 Å². The number of aryl methyl sites for hydroxylation is 2. The van der Waals surface area contributed by atoms with Gasteiger partial charge in [-0.3, -0.25) is 4.79 Å². The van der Waals surface area contributed by atoms with E-state index < -0.39 is 28.5 Å². The molecule has 2 rings (SSSR count). The van der Waals surface area contributed by atoms with Crippen molar-refractivity contribution in [1.29, 1.82) is 0 Å². The van der Waals surface area contributed by atoms with Crippen LogP contribution in [0.5, 0.6) is 0 Å². The molecule has 0 aliphatic carbocycles. The maximum Gasteiger partial charge on any atom is 0.338 e. The molecule has 0 bridgehead atoms. The summed E-state index contributed by atoms with van der Waals surface area (Å²) in [5.41, 5.74) is 2.69. The molecule has 0 radical (unpaired) electrons. The molecule has 0 spiro atoms. The molecule has 2 aromatic carbocycles. The third-order valence-corrected chi connectivity index (χ3v) is 6.09. The molecule has 1 N–H and O–H groups in total. The van der Waals surface area contributed by atoms with Gasteiger partial charge < -0.3 is 10.1 Å². The Morgan fingerprint density at radius 1 is 1.04 bits per heavy atom. The standard InChI is InChI=1S/C20H24N2O5S/c1-14-7-5-6-8-16(14)12-21-19(23)13-27-20(24)18-11-17(10-9-15(18)2)28(25,26)22(3)4/h5-11H,12-13H2,1-4H3,(H,21,23). The predicted octanol–water partition coefficient (Wildman–Crippen LogP) is 2.03. The van der Waals surface area contributed by atoms with E-state index in [1.165, 1.54) is 32.3 Å². The van der Waals surface area contributed by atoms with Gasteiger partial charge in [0.15, 0.2) is 6.61 Å². The molecule has 0 saturated heterocycles. The molecule has 2 aromatic rings. The van der Waals surface area contributed by atoms with Crippen molar-refractivity contribution in [1.82, 2.24) is 9.62 Å². The van der Waals surface area contributed by atoms with Crippen molar-refractivity contribution in [3.8, 4) is 0 Å². The molecule has 28 heavy (non-hydrogen) atoms. The highest BCUT2D eigenvalue weighted by atomic mass is 32.2. The molecule has 0 saturated carbocycles. The zero-order chi connectivity index (χ0) is 20.9. The van der Waals surface area contributed by atoms with Gasteiger partial charge in [-0.2, -0.15) is 0 Å². The highest BCUT2D eigenvalue weighted by Gasteiger charge is 2.21. The first-order chi connectivity index (χ1) is 13.1. The van der Waals surface area contributed by atoms with Crippen molar-refractivity contribution in [2.24, 2.45) is 0 Å². The average molecular weight is 404 g/mol. The van der Waals surface area contributed by atoms with Gasteiger partial charge in [0.05, 0.1) is 10.5 Å². The summed E-state index contributed by atoms with van der Waals surface area (Å²) in [5.74, 6) is -1.19. The first-order valence-electron chi connectivity index (χ1n) is 8.64. The maximum atomic E-state index is 12.3. The Labute approximate surface area is 165 Å². The van der Waals surface area contributed by atoms with Crippen LogP contribution < -0.4 is 5.32 Å². The van der Waals surface area contributed by atoms with E-state index in [2.05, 4.69) is 5.32 Å². The van der Waals surface area contributed by atoms with Crippen LogP contribution in [-0.2, 0) is 26.1 Å². The van der Waals surface area contributed by atoms with Crippen LogP contribution in [0.3, 0.4) is 0 Å². The van der Waals surface area contributed by atoms with E-state index in [1.54, 1.807) is 6.92 Å². The van der Waals surface area contributed by atoms with Crippen molar-refractivity contribution in [2.45, 2.75) is 25.3 Å². The van der Waals surface area contributed by atoms with Gasteiger partial charge in [0, 0.05) is 20.6 Å². The second-order valence-corrected chi connectivity index (χ2v) is 8.70. The number of rotatable bonds is 7. The second-order valence-electron chi connectivity index (χ2n) is 6.54. The van der Waals surface area contributed by atoms with Crippen molar-refractivity contribution in [3.05, 3.63) is 64.7 Å². The first kappa shape index (κ1) is 21.6. The van der Waals surface area contributed by atoms with Crippen molar-refractivity contribution in [3.63, 3.8) is 0 Å². The lowest BCUT2D eigenvalue weighted by atomic mass is 10.1. The molecule has 0 aromatic heterocycles. The quantitative estimate of drug-likeness (QED) is 0.713. The van der Waals surface area contributed by atoms with Crippen LogP contribution in [-0.4, -0.2) is 45.3 Å². The summed E-state index contributed by atoms with van der Waals surface area (Å²) in [6, 6.07) is 11.9. The van der Waals surface area contributed by atoms with Gasteiger partial charge in [-0.05, 0) is 42.7 Å². The summed E-state index contributed by atoms with van der Waals surface area (Å²) >= 11 is 0. The first-order valence-corrected chi connectivity index (χ1v) is 10.1. The minimum Gasteiger partial charge on any atom is -0.452 e. The van der Waals surface area contributed by atoms with Crippen LogP contribution >= 0.6 is 0 Å². The number of ether oxygens (including phenoxy) is 1. The molecule has 0 aliphatic heterocycles. The minimum atomic E-state index is -3.68. The number of amides is 1. The van der Waals surface area contributed by atoms with Crippen LogP contribution in [0.2, 0.25) is 0 Å². The van der Waals surface area contributed by atoms with E-state index in [0.717, 1.165) is 15.4 Å². The Bertz CT molecular complexity index is 984. The number of carbonyl (C=O) groups is 2. The van der Waals surface area contributed by atoms with Crippen LogP contribution in [0.1, 0.15) is 27.0 Å². The van der Waals surface area contributed by atoms with Gasteiger partial charge in [0.2, 0.25) is 10.0 Å². The largest absolute Gasteiger partial charge is 0.452 e. The van der Waals surface area contributed by atoms with Crippen molar-refractivity contribution >= 4 is 21.9 Å². The lowest BCUT2D eigenvalue weighted by Crippen LogP contribution is -2.29. The molecular weight excluding hydrogens is 380 g/mol. The summed E-state index contributed by atoms with van der Waals surface area (Å²) in [7, 11) is -0.861. The summed E-state index contributed by atoms with van der Waals surface area (Å²) < 4.78 is 30.6. The Hall–Kier alpha value is -2.71. The summed E-state index contributed by atoms with van der Waals surface area (Å²) in [5, 5.41) is 2.69. The molecule has 0 atom stereocenters. The minimum absolute atomic E-state index is 0.0148. The van der Waals surface area contributed by atoms with E-state index >= 15 is 0 Å². The van der Waals surface area contributed by atoms with Gasteiger partial charge in [0.25, 0.3) is 5.91 Å². The van der Waals surface area contributed by atoms with Crippen LogP contribution in [0.25, 0.3) is 0 Å². The van der Waals surface area contributed by atoms with Gasteiger partial charge in [-0.25, -0.2) is 17.5 Å². The van der Waals surface area contributed by atoms with E-state index in [4.69, 9.17) is 4.74 Å². The lowest BCUT2D eigenvalue weighted by Gasteiger charge is -2.13. The number of esters is 1. The molecule has 8 heteroatoms. The molecule has 0 aliphatic rings. The van der Waals surface area contributed by atoms with Crippen LogP contribution in [0, 0.1) is 13.8 Å². The summed E-state index contributed by atoms with van der Waals surface area (Å²) in [6.45, 7) is 3.49. The SMILES string of the molecule is Cc1ccccc1CNC(=O)COC(=O)c1cc(S(=O)(=O)N(C)C)ccc1C. The van der Waals surface area contributed by atoms with E-state index in [0.29, 0.717) is 12.1 Å². The fraction of sp³-hybridized carbons (Fsp3) is 0.300. The zero-order valence-corrected chi connectivity index (χ0v) is 17.2. The average Bonchev–Trinajstić information content (AvgIpc) is 2.65. The van der Waals surface area contributed by atoms with E-state index in [1.807, 2.05) is 31.2 Å². The van der Waals surface area contributed by atoms with Crippen molar-refractivity contribution in [2.75, 3.05) is 20.7 Å². The van der Waals surface area contributed by atoms with Gasteiger partial charge in [0.1, 0.15) is 0 Å². The number of hydrogen-bond acceptors (Lipinski definition) is 5. The molecule has 0 fully saturated rings. The normalized spacial score (nSPS) is 11.3. The summed E-state index contributed by atoms with van der Waals surface area (Å²) in [4.78, 5) is 24.3. The number of benzene rings is 2. The van der Waals surface area contributed by atoms with Crippen molar-refractivity contribution < 1.29 is 22.7 Å². The highest BCUT2D eigenvalue weighted by molar-refractivity contribution is 7.89. The maximum absolute atomic E-state index is 12.3. The zero-order valence-electron chi connectivity index (χ0n) is 16.4. The van der Waals surface area contributed by atoms with Gasteiger partial charge >= 0.3 is 5.97 Å². The fourth-order valence-electron chi connectivity index (χ4n) is 2.45. The van der Waals surface area contributed by atoms with E-state index in [-0.39, 0.29) is 10.5 Å². The third kappa shape index (κ3) is 5.17. The van der Waals surface area contributed by atoms with E-state index in [9.17, 15) is 18.0 Å². The number of sulfonamides is 1. The Balaban J connectivity index is 2.01. The molecule has 150 valence electrons. The number of nitrogens with one attached hydrogen (secondary N) is 1. The Morgan fingerprint density at radius 3 is 2.36 bits per heavy atom. The number of carbonyl (C=O) groups excluding carboxylic acids is 2. The second kappa shape index (κ2) is 8.99. The topological polar surface area (TPSA) is 92.8 Å². The molecular formula is C20H24N2O5S. The third-order valence-electron chi connectivity index (χ3n) is 4.28. The van der Waals surface area contributed by atoms with Crippen LogP contribution in [0.15, 0.2) is 47.4 Å². The molecule has 1 amide bonds. The number of hydrogen-bond donors (Lipinski definition) is 1. The summed E-state index contributed by atoms with van der Waals surface area (Å²) in [6.07, 6.45) is 0. The highest BCUT2D eigenvalue weighted by Crippen LogP contribution is 2.19. The number of nitrogens with zero attached hydrogens (tertiary/aromatic N) is 1. The Kier molecular flexibility index (Phi) is 6.93. The predicted molar refractivity (Wildman–Crippen MR) is 105 cm³/mol. The van der Waals surface area contributed by atoms with Crippen LogP contribution in [0.4, 0.5) is 0 Å².